The standard InChI is InChI=1S/C14H13BrClNO/c15-12-5-6-13(16)11(7-12)9-17-8-10-3-1-2-4-14(10)18/h1-7,17-18H,8-9H2. The van der Waals surface area contributed by atoms with Gasteiger partial charge in [-0.05, 0) is 29.8 Å². The predicted octanol–water partition coefficient (Wildman–Crippen LogP) is 4.10. The quantitative estimate of drug-likeness (QED) is 0.886. The summed E-state index contributed by atoms with van der Waals surface area (Å²) in [4.78, 5) is 0. The highest BCUT2D eigenvalue weighted by molar-refractivity contribution is 9.10. The minimum atomic E-state index is 0.310. The van der Waals surface area contributed by atoms with Crippen molar-refractivity contribution in [2.45, 2.75) is 13.1 Å². The fourth-order valence-electron chi connectivity index (χ4n) is 1.67. The summed E-state index contributed by atoms with van der Waals surface area (Å²) in [7, 11) is 0. The van der Waals surface area contributed by atoms with Gasteiger partial charge in [0.05, 0.1) is 0 Å². The Bertz CT molecular complexity index is 545. The third kappa shape index (κ3) is 3.48. The van der Waals surface area contributed by atoms with Crippen molar-refractivity contribution < 1.29 is 5.11 Å². The van der Waals surface area contributed by atoms with Crippen molar-refractivity contribution in [1.82, 2.24) is 5.32 Å². The average Bonchev–Trinajstić information content (AvgIpc) is 2.36. The van der Waals surface area contributed by atoms with Crippen LogP contribution in [-0.4, -0.2) is 5.11 Å². The van der Waals surface area contributed by atoms with E-state index in [4.69, 9.17) is 11.6 Å². The van der Waals surface area contributed by atoms with Gasteiger partial charge in [0.25, 0.3) is 0 Å². The number of benzene rings is 2. The normalized spacial score (nSPS) is 10.6. The first-order chi connectivity index (χ1) is 8.66. The summed E-state index contributed by atoms with van der Waals surface area (Å²) in [6, 6.07) is 13.1. The van der Waals surface area contributed by atoms with Crippen molar-refractivity contribution in [3.63, 3.8) is 0 Å². The van der Waals surface area contributed by atoms with Crippen molar-refractivity contribution in [2.24, 2.45) is 0 Å². The van der Waals surface area contributed by atoms with Gasteiger partial charge < -0.3 is 10.4 Å². The second-order valence-corrected chi connectivity index (χ2v) is 5.29. The van der Waals surface area contributed by atoms with Gasteiger partial charge in [-0.15, -0.1) is 0 Å². The SMILES string of the molecule is Oc1ccccc1CNCc1cc(Br)ccc1Cl. The van der Waals surface area contributed by atoms with E-state index in [2.05, 4.69) is 21.2 Å². The Balaban J connectivity index is 1.96. The minimum Gasteiger partial charge on any atom is -0.508 e. The van der Waals surface area contributed by atoms with E-state index in [1.54, 1.807) is 6.07 Å². The molecular weight excluding hydrogens is 314 g/mol. The highest BCUT2D eigenvalue weighted by Gasteiger charge is 2.02. The van der Waals surface area contributed by atoms with E-state index in [-0.39, 0.29) is 0 Å². The van der Waals surface area contributed by atoms with Gasteiger partial charge in [0, 0.05) is 28.1 Å². The summed E-state index contributed by atoms with van der Waals surface area (Å²) in [5, 5.41) is 13.6. The minimum absolute atomic E-state index is 0.310. The maximum Gasteiger partial charge on any atom is 0.120 e. The molecule has 18 heavy (non-hydrogen) atoms. The van der Waals surface area contributed by atoms with Crippen LogP contribution in [0.5, 0.6) is 5.75 Å². The van der Waals surface area contributed by atoms with Crippen LogP contribution < -0.4 is 5.32 Å². The molecule has 0 aliphatic heterocycles. The van der Waals surface area contributed by atoms with Crippen LogP contribution in [-0.2, 0) is 13.1 Å². The zero-order valence-electron chi connectivity index (χ0n) is 9.66. The molecule has 0 saturated heterocycles. The predicted molar refractivity (Wildman–Crippen MR) is 77.8 cm³/mol. The summed E-state index contributed by atoms with van der Waals surface area (Å²) >= 11 is 9.52. The number of phenolic OH excluding ortho intramolecular Hbond substituents is 1. The molecule has 2 nitrogen and oxygen atoms in total. The lowest BCUT2D eigenvalue weighted by Gasteiger charge is -2.08. The second-order valence-electron chi connectivity index (χ2n) is 3.97. The molecule has 0 atom stereocenters. The monoisotopic (exact) mass is 325 g/mol. The van der Waals surface area contributed by atoms with Crippen LogP contribution in [0.4, 0.5) is 0 Å². The van der Waals surface area contributed by atoms with Gasteiger partial charge in [0.15, 0.2) is 0 Å². The smallest absolute Gasteiger partial charge is 0.120 e. The molecule has 0 spiro atoms. The number of halogens is 2. The Hall–Kier alpha value is -1.03. The number of aromatic hydroxyl groups is 1. The van der Waals surface area contributed by atoms with E-state index >= 15 is 0 Å². The van der Waals surface area contributed by atoms with Crippen molar-refractivity contribution >= 4 is 27.5 Å². The Morgan fingerprint density at radius 1 is 1.06 bits per heavy atom. The molecule has 0 radical (unpaired) electrons. The van der Waals surface area contributed by atoms with Crippen LogP contribution >= 0.6 is 27.5 Å². The number of para-hydroxylation sites is 1. The van der Waals surface area contributed by atoms with Crippen LogP contribution in [0.25, 0.3) is 0 Å². The average molecular weight is 327 g/mol. The van der Waals surface area contributed by atoms with E-state index in [1.165, 1.54) is 0 Å². The maximum atomic E-state index is 9.63. The van der Waals surface area contributed by atoms with Gasteiger partial charge in [-0.25, -0.2) is 0 Å². The molecule has 0 saturated carbocycles. The van der Waals surface area contributed by atoms with Gasteiger partial charge >= 0.3 is 0 Å². The highest BCUT2D eigenvalue weighted by atomic mass is 79.9. The Labute approximate surface area is 120 Å². The largest absolute Gasteiger partial charge is 0.508 e. The van der Waals surface area contributed by atoms with E-state index in [1.807, 2.05) is 36.4 Å². The molecule has 2 rings (SSSR count). The number of phenols is 1. The first-order valence-corrected chi connectivity index (χ1v) is 6.75. The van der Waals surface area contributed by atoms with E-state index in [0.717, 1.165) is 20.6 Å². The first kappa shape index (κ1) is 13.4. The molecule has 94 valence electrons. The third-order valence-electron chi connectivity index (χ3n) is 2.63. The van der Waals surface area contributed by atoms with Gasteiger partial charge in [-0.2, -0.15) is 0 Å². The maximum absolute atomic E-state index is 9.63. The number of rotatable bonds is 4. The van der Waals surface area contributed by atoms with E-state index in [9.17, 15) is 5.11 Å². The zero-order valence-corrected chi connectivity index (χ0v) is 12.0. The molecule has 0 amide bonds. The van der Waals surface area contributed by atoms with Gasteiger partial charge in [0.2, 0.25) is 0 Å². The van der Waals surface area contributed by atoms with Gasteiger partial charge in [-0.3, -0.25) is 0 Å². The van der Waals surface area contributed by atoms with Crippen LogP contribution in [0.1, 0.15) is 11.1 Å². The van der Waals surface area contributed by atoms with Crippen molar-refractivity contribution in [1.29, 1.82) is 0 Å². The molecule has 0 aliphatic carbocycles. The summed E-state index contributed by atoms with van der Waals surface area (Å²) in [5.74, 6) is 0.310. The molecule has 0 fully saturated rings. The molecule has 0 aromatic heterocycles. The molecular formula is C14H13BrClNO. The summed E-state index contributed by atoms with van der Waals surface area (Å²) in [6.45, 7) is 1.27. The third-order valence-corrected chi connectivity index (χ3v) is 3.49. The molecule has 0 unspecified atom stereocenters. The first-order valence-electron chi connectivity index (χ1n) is 5.58. The van der Waals surface area contributed by atoms with E-state index < -0.39 is 0 Å². The van der Waals surface area contributed by atoms with Gasteiger partial charge in [0.1, 0.15) is 5.75 Å². The Morgan fingerprint density at radius 3 is 2.56 bits per heavy atom. The lowest BCUT2D eigenvalue weighted by Crippen LogP contribution is -2.13. The van der Waals surface area contributed by atoms with Crippen molar-refractivity contribution in [3.8, 4) is 5.75 Å². The summed E-state index contributed by atoms with van der Waals surface area (Å²) in [6.07, 6.45) is 0. The molecule has 2 aromatic carbocycles. The fraction of sp³-hybridized carbons (Fsp3) is 0.143. The summed E-state index contributed by atoms with van der Waals surface area (Å²) < 4.78 is 1.01. The fourth-order valence-corrected chi connectivity index (χ4v) is 2.26. The zero-order chi connectivity index (χ0) is 13.0. The van der Waals surface area contributed by atoms with Crippen molar-refractivity contribution in [3.05, 3.63) is 63.1 Å². The van der Waals surface area contributed by atoms with E-state index in [0.29, 0.717) is 18.8 Å². The van der Waals surface area contributed by atoms with Crippen molar-refractivity contribution in [2.75, 3.05) is 0 Å². The number of hydrogen-bond donors (Lipinski definition) is 2. The molecule has 2 N–H and O–H groups in total. The summed E-state index contributed by atoms with van der Waals surface area (Å²) in [5.41, 5.74) is 1.91. The molecule has 0 aliphatic rings. The number of hydrogen-bond acceptors (Lipinski definition) is 2. The molecule has 2 aromatic rings. The lowest BCUT2D eigenvalue weighted by molar-refractivity contribution is 0.464. The molecule has 0 heterocycles. The highest BCUT2D eigenvalue weighted by Crippen LogP contribution is 2.21. The van der Waals surface area contributed by atoms with Crippen LogP contribution in [0, 0.1) is 0 Å². The lowest BCUT2D eigenvalue weighted by atomic mass is 10.2. The van der Waals surface area contributed by atoms with Gasteiger partial charge in [-0.1, -0.05) is 45.7 Å². The Morgan fingerprint density at radius 2 is 1.78 bits per heavy atom. The Kier molecular flexibility index (Phi) is 4.64. The molecule has 0 bridgehead atoms. The second kappa shape index (κ2) is 6.23. The van der Waals surface area contributed by atoms with Crippen LogP contribution in [0.3, 0.4) is 0 Å². The van der Waals surface area contributed by atoms with Crippen LogP contribution in [0.15, 0.2) is 46.9 Å². The number of nitrogens with one attached hydrogen (secondary N) is 1. The van der Waals surface area contributed by atoms with Crippen LogP contribution in [0.2, 0.25) is 5.02 Å². The molecule has 4 heteroatoms. The topological polar surface area (TPSA) is 32.3 Å².